The molecule has 4 nitrogen and oxygen atoms in total. The van der Waals surface area contributed by atoms with Crippen LogP contribution < -0.4 is 5.32 Å². The van der Waals surface area contributed by atoms with Crippen molar-refractivity contribution < 1.29 is 13.6 Å². The third kappa shape index (κ3) is 4.35. The van der Waals surface area contributed by atoms with Crippen LogP contribution >= 0.6 is 23.4 Å². The molecule has 4 rings (SSSR count). The number of halogens is 2. The lowest BCUT2D eigenvalue weighted by Gasteiger charge is -1.97. The van der Waals surface area contributed by atoms with Crippen molar-refractivity contribution in [2.24, 2.45) is 4.99 Å². The first kappa shape index (κ1) is 18.5. The normalized spacial score (nSPS) is 16.7. The minimum Gasteiger partial charge on any atom is -0.457 e. The molecule has 1 aliphatic heterocycles. The lowest BCUT2D eigenvalue weighted by molar-refractivity contribution is -0.115. The molecule has 3 aromatic rings. The van der Waals surface area contributed by atoms with Gasteiger partial charge in [-0.25, -0.2) is 4.39 Å². The molecule has 1 saturated heterocycles. The van der Waals surface area contributed by atoms with Gasteiger partial charge in [0.1, 0.15) is 17.3 Å². The first-order chi connectivity index (χ1) is 13.6. The molecule has 1 aliphatic rings. The zero-order valence-electron chi connectivity index (χ0n) is 14.5. The number of hydrogen-bond donors (Lipinski definition) is 1. The quantitative estimate of drug-likeness (QED) is 0.576. The van der Waals surface area contributed by atoms with Crippen molar-refractivity contribution in [2.75, 3.05) is 0 Å². The van der Waals surface area contributed by atoms with Crippen LogP contribution in [0, 0.1) is 5.82 Å². The van der Waals surface area contributed by atoms with Gasteiger partial charge in [0, 0.05) is 16.7 Å². The van der Waals surface area contributed by atoms with Gasteiger partial charge in [0.15, 0.2) is 5.17 Å². The van der Waals surface area contributed by atoms with Crippen LogP contribution in [0.4, 0.5) is 4.39 Å². The van der Waals surface area contributed by atoms with Crippen LogP contribution in [0.1, 0.15) is 11.3 Å². The average molecular weight is 413 g/mol. The Labute approximate surface area is 170 Å². The molecule has 140 valence electrons. The van der Waals surface area contributed by atoms with Gasteiger partial charge in [-0.15, -0.1) is 0 Å². The lowest BCUT2D eigenvalue weighted by Crippen LogP contribution is -2.19. The first-order valence-corrected chi connectivity index (χ1v) is 9.62. The number of furan rings is 1. The fourth-order valence-electron chi connectivity index (χ4n) is 2.61. The third-order valence-electron chi connectivity index (χ3n) is 3.98. The minimum atomic E-state index is -0.291. The van der Waals surface area contributed by atoms with Crippen molar-refractivity contribution in [2.45, 2.75) is 6.54 Å². The van der Waals surface area contributed by atoms with Crippen LogP contribution in [0.15, 0.2) is 75.0 Å². The molecule has 0 unspecified atom stereocenters. The Morgan fingerprint density at radius 2 is 1.96 bits per heavy atom. The fraction of sp³-hybridized carbons (Fsp3) is 0.0476. The summed E-state index contributed by atoms with van der Waals surface area (Å²) in [6, 6.07) is 17.1. The van der Waals surface area contributed by atoms with Gasteiger partial charge in [-0.2, -0.15) is 0 Å². The van der Waals surface area contributed by atoms with E-state index in [1.54, 1.807) is 30.3 Å². The SMILES string of the molecule is O=C1NC(=NCc2ccc(F)cc2)S/C1=C\c1ccc(-c2cccc(Cl)c2)o1. The Morgan fingerprint density at radius 1 is 1.14 bits per heavy atom. The van der Waals surface area contributed by atoms with Gasteiger partial charge in [-0.05, 0) is 53.7 Å². The summed E-state index contributed by atoms with van der Waals surface area (Å²) in [4.78, 5) is 17.0. The summed E-state index contributed by atoms with van der Waals surface area (Å²) < 4.78 is 18.8. The van der Waals surface area contributed by atoms with Crippen LogP contribution in [0.3, 0.4) is 0 Å². The summed E-state index contributed by atoms with van der Waals surface area (Å²) in [5, 5.41) is 3.85. The van der Waals surface area contributed by atoms with Crippen LogP contribution in [-0.4, -0.2) is 11.1 Å². The molecular formula is C21H14ClFN2O2S. The molecule has 1 fully saturated rings. The second-order valence-corrected chi connectivity index (χ2v) is 7.49. The molecular weight excluding hydrogens is 399 g/mol. The Kier molecular flexibility index (Phi) is 5.32. The van der Waals surface area contributed by atoms with Crippen LogP contribution in [0.5, 0.6) is 0 Å². The minimum absolute atomic E-state index is 0.233. The van der Waals surface area contributed by atoms with Crippen LogP contribution in [0.25, 0.3) is 17.4 Å². The van der Waals surface area contributed by atoms with E-state index in [0.29, 0.717) is 33.2 Å². The molecule has 0 aliphatic carbocycles. The van der Waals surface area contributed by atoms with E-state index in [4.69, 9.17) is 16.0 Å². The highest BCUT2D eigenvalue weighted by Gasteiger charge is 2.24. The second kappa shape index (κ2) is 8.04. The van der Waals surface area contributed by atoms with Crippen molar-refractivity contribution in [1.82, 2.24) is 5.32 Å². The lowest BCUT2D eigenvalue weighted by atomic mass is 10.2. The van der Waals surface area contributed by atoms with Crippen molar-refractivity contribution in [3.05, 3.63) is 87.7 Å². The molecule has 7 heteroatoms. The maximum Gasteiger partial charge on any atom is 0.264 e. The third-order valence-corrected chi connectivity index (χ3v) is 5.16. The van der Waals surface area contributed by atoms with E-state index in [1.807, 2.05) is 24.3 Å². The van der Waals surface area contributed by atoms with E-state index >= 15 is 0 Å². The number of amides is 1. The fourth-order valence-corrected chi connectivity index (χ4v) is 3.60. The van der Waals surface area contributed by atoms with Gasteiger partial charge in [-0.1, -0.05) is 35.9 Å². The Hall–Kier alpha value is -2.83. The van der Waals surface area contributed by atoms with E-state index in [2.05, 4.69) is 10.3 Å². The van der Waals surface area contributed by atoms with E-state index in [-0.39, 0.29) is 11.7 Å². The number of hydrogen-bond acceptors (Lipinski definition) is 4. The standard InChI is InChI=1S/C21H14ClFN2O2S/c22-15-3-1-2-14(10-15)18-9-8-17(27-18)11-19-20(26)25-21(28-19)24-12-13-4-6-16(23)7-5-13/h1-11H,12H2,(H,24,25,26)/b19-11-. The highest BCUT2D eigenvalue weighted by atomic mass is 35.5. The Morgan fingerprint density at radius 3 is 2.75 bits per heavy atom. The number of carbonyl (C=O) groups excluding carboxylic acids is 1. The van der Waals surface area contributed by atoms with E-state index in [0.717, 1.165) is 11.1 Å². The average Bonchev–Trinajstić information content (AvgIpc) is 3.29. The topological polar surface area (TPSA) is 54.6 Å². The molecule has 28 heavy (non-hydrogen) atoms. The van der Waals surface area contributed by atoms with Crippen molar-refractivity contribution in [3.63, 3.8) is 0 Å². The predicted octanol–water partition coefficient (Wildman–Crippen LogP) is 5.50. The molecule has 1 N–H and O–H groups in total. The molecule has 0 saturated carbocycles. The molecule has 1 amide bonds. The van der Waals surface area contributed by atoms with Crippen molar-refractivity contribution in [1.29, 1.82) is 0 Å². The van der Waals surface area contributed by atoms with Crippen LogP contribution in [0.2, 0.25) is 5.02 Å². The number of aliphatic imine (C=N–C) groups is 1. The maximum absolute atomic E-state index is 12.9. The summed E-state index contributed by atoms with van der Waals surface area (Å²) >= 11 is 7.25. The molecule has 0 radical (unpaired) electrons. The van der Waals surface area contributed by atoms with Gasteiger partial charge >= 0.3 is 0 Å². The van der Waals surface area contributed by atoms with Gasteiger partial charge in [0.25, 0.3) is 5.91 Å². The number of nitrogens with one attached hydrogen (secondary N) is 1. The largest absolute Gasteiger partial charge is 0.457 e. The number of thioether (sulfide) groups is 1. The van der Waals surface area contributed by atoms with Gasteiger partial charge in [0.2, 0.25) is 0 Å². The number of carbonyl (C=O) groups is 1. The van der Waals surface area contributed by atoms with Gasteiger partial charge in [0.05, 0.1) is 11.4 Å². The second-order valence-electron chi connectivity index (χ2n) is 6.02. The first-order valence-electron chi connectivity index (χ1n) is 8.42. The van der Waals surface area contributed by atoms with Crippen molar-refractivity contribution in [3.8, 4) is 11.3 Å². The molecule has 0 atom stereocenters. The van der Waals surface area contributed by atoms with E-state index < -0.39 is 0 Å². The molecule has 2 aromatic carbocycles. The zero-order chi connectivity index (χ0) is 19.5. The molecule has 0 spiro atoms. The summed E-state index contributed by atoms with van der Waals surface area (Å²) in [6.07, 6.45) is 1.68. The summed E-state index contributed by atoms with van der Waals surface area (Å²) in [5.41, 5.74) is 1.72. The number of benzene rings is 2. The van der Waals surface area contributed by atoms with Crippen molar-refractivity contribution >= 4 is 40.5 Å². The highest BCUT2D eigenvalue weighted by molar-refractivity contribution is 8.18. The Bertz CT molecular complexity index is 1090. The molecule has 0 bridgehead atoms. The van der Waals surface area contributed by atoms with E-state index in [9.17, 15) is 9.18 Å². The number of rotatable bonds is 4. The van der Waals surface area contributed by atoms with Crippen LogP contribution in [-0.2, 0) is 11.3 Å². The number of nitrogens with zero attached hydrogens (tertiary/aromatic N) is 1. The van der Waals surface area contributed by atoms with E-state index in [1.165, 1.54) is 23.9 Å². The summed E-state index contributed by atoms with van der Waals surface area (Å²) in [6.45, 7) is 0.357. The predicted molar refractivity (Wildman–Crippen MR) is 110 cm³/mol. The monoisotopic (exact) mass is 412 g/mol. The summed E-state index contributed by atoms with van der Waals surface area (Å²) in [7, 11) is 0. The molecule has 2 heterocycles. The molecule has 1 aromatic heterocycles. The maximum atomic E-state index is 12.9. The number of amidine groups is 1. The van der Waals surface area contributed by atoms with Gasteiger partial charge in [-0.3, -0.25) is 9.79 Å². The Balaban J connectivity index is 1.47. The summed E-state index contributed by atoms with van der Waals surface area (Å²) in [5.74, 6) is 0.708. The highest BCUT2D eigenvalue weighted by Crippen LogP contribution is 2.29. The zero-order valence-corrected chi connectivity index (χ0v) is 16.1. The van der Waals surface area contributed by atoms with Gasteiger partial charge < -0.3 is 9.73 Å². The smallest absolute Gasteiger partial charge is 0.264 e.